The van der Waals surface area contributed by atoms with E-state index in [1.54, 1.807) is 24.4 Å². The number of allylic oxidation sites excluding steroid dienone is 4. The van der Waals surface area contributed by atoms with Crippen molar-refractivity contribution in [2.24, 2.45) is 22.7 Å². The van der Waals surface area contributed by atoms with Crippen LogP contribution in [0.4, 0.5) is 0 Å². The normalized spacial score (nSPS) is 27.5. The summed E-state index contributed by atoms with van der Waals surface area (Å²) in [6, 6.07) is 9.07. The van der Waals surface area contributed by atoms with Gasteiger partial charge < -0.3 is 9.59 Å². The van der Waals surface area contributed by atoms with Crippen LogP contribution in [-0.4, -0.2) is 37.5 Å². The smallest absolute Gasteiger partial charge is 0.278 e. The summed E-state index contributed by atoms with van der Waals surface area (Å²) in [5, 5.41) is 11.9. The highest BCUT2D eigenvalue weighted by Crippen LogP contribution is 2.55. The lowest BCUT2D eigenvalue weighted by Crippen LogP contribution is -2.50. The predicted molar refractivity (Wildman–Crippen MR) is 186 cm³/mol. The van der Waals surface area contributed by atoms with Crippen LogP contribution in [0.3, 0.4) is 0 Å². The number of fused-ring (bicyclic) bond motifs is 6. The second-order valence-corrected chi connectivity index (χ2v) is 14.5. The second kappa shape index (κ2) is 12.3. The molecule has 4 aliphatic rings. The molecule has 0 amide bonds. The lowest BCUT2D eigenvalue weighted by molar-refractivity contribution is -0.129. The standard InChI is InChI=1S/C22H21N3O2.C15H17N3O.2CH4/c1-21(2)17-11-10-15-13-25(20(27)14-8-6-5-7-9-14)24-18(15)22(17,3)12-16(23-4)19(21)26;1-14(2)11-6-5-9-8-17-18-12(9)15(11,3)7-10(16-4)13(14)19;;/h5-9,12-13,17H,10-11H2,1-3H3;7-8,11H,5-6H2,1-3H3,(H,17,18);2*1H4/t17-,22-;11-,15-;;/m00../s1/i;;2*1T. The number of aromatic nitrogens is 4. The van der Waals surface area contributed by atoms with Crippen molar-refractivity contribution < 1.29 is 17.1 Å². The highest BCUT2D eigenvalue weighted by Gasteiger charge is 2.56. The molecule has 0 spiro atoms. The van der Waals surface area contributed by atoms with Gasteiger partial charge in [-0.3, -0.25) is 9.89 Å². The van der Waals surface area contributed by atoms with E-state index >= 15 is 0 Å². The predicted octanol–water partition coefficient (Wildman–Crippen LogP) is 7.72. The van der Waals surface area contributed by atoms with Crippen molar-refractivity contribution in [1.82, 2.24) is 20.0 Å². The van der Waals surface area contributed by atoms with Crippen molar-refractivity contribution in [3.63, 3.8) is 0 Å². The van der Waals surface area contributed by atoms with E-state index in [0.29, 0.717) is 5.56 Å². The van der Waals surface area contributed by atoms with Gasteiger partial charge in [0.1, 0.15) is 0 Å². The monoisotopic (exact) mass is 650 g/mol. The molecule has 0 radical (unpaired) electrons. The lowest BCUT2D eigenvalue weighted by Gasteiger charge is -2.49. The molecule has 4 atom stereocenters. The number of hydrogen-bond acceptors (Lipinski definition) is 5. The molecular formula is C39H46N6O3. The molecule has 1 aromatic carbocycles. The van der Waals surface area contributed by atoms with E-state index in [4.69, 9.17) is 15.9 Å². The summed E-state index contributed by atoms with van der Waals surface area (Å²) in [6.45, 7) is 26.6. The quantitative estimate of drug-likeness (QED) is 0.272. The summed E-state index contributed by atoms with van der Waals surface area (Å²) in [4.78, 5) is 44.9. The minimum atomic E-state index is -0.631. The fraction of sp³-hybridized carbons (Fsp3) is 0.462. The molecule has 1 N–H and O–H groups in total. The Morgan fingerprint density at radius 1 is 0.875 bits per heavy atom. The van der Waals surface area contributed by atoms with Gasteiger partial charge in [-0.25, -0.2) is 14.4 Å². The van der Waals surface area contributed by atoms with Gasteiger partial charge in [-0.15, -0.1) is 0 Å². The van der Waals surface area contributed by atoms with E-state index in [2.05, 4.69) is 31.9 Å². The molecule has 7 rings (SSSR count). The van der Waals surface area contributed by atoms with Crippen LogP contribution in [0, 0.1) is 35.8 Å². The Bertz CT molecular complexity index is 1940. The topological polar surface area (TPSA) is 106 Å². The molecule has 0 saturated carbocycles. The molecule has 9 nitrogen and oxygen atoms in total. The zero-order valence-corrected chi connectivity index (χ0v) is 29.1. The number of aromatic amines is 1. The summed E-state index contributed by atoms with van der Waals surface area (Å²) in [5.41, 5.74) is 3.19. The maximum atomic E-state index is 12.8. The fourth-order valence-corrected chi connectivity index (χ4v) is 8.77. The van der Waals surface area contributed by atoms with Gasteiger partial charge in [-0.2, -0.15) is 10.2 Å². The van der Waals surface area contributed by atoms with Gasteiger partial charge in [0.2, 0.25) is 11.4 Å². The van der Waals surface area contributed by atoms with Crippen LogP contribution >= 0.6 is 0 Å². The number of Topliss-reactive ketones (excluding diaryl/α,β-unsaturated/α-hetero) is 2. The number of ketones is 2. The Kier molecular flexibility index (Phi) is 8.45. The van der Waals surface area contributed by atoms with Gasteiger partial charge in [0.25, 0.3) is 5.91 Å². The third-order valence-corrected chi connectivity index (χ3v) is 11.1. The Balaban J connectivity index is 0.000000214. The van der Waals surface area contributed by atoms with Crippen LogP contribution in [0.15, 0.2) is 66.3 Å². The number of aryl methyl sites for hydroxylation is 2. The zero-order chi connectivity index (χ0) is 37.2. The summed E-state index contributed by atoms with van der Waals surface area (Å²) >= 11 is 0. The first kappa shape index (κ1) is 33.0. The van der Waals surface area contributed by atoms with Crippen molar-refractivity contribution in [1.29, 1.82) is 0 Å². The SMILES string of the molecule is [3H]C.[3H]C.[C-]#[N+]C1=C[C@]2(C)c3[nH]ncc3CC[C@H]2C(C)(C)C1=O.[C-]#[N+]C1=C[C@]2(C)c3nn(C(=O)c4ccccc4)cc3CC[C@H]2C(C)(C)C1=O. The summed E-state index contributed by atoms with van der Waals surface area (Å²) in [5.74, 6) is -0.0292. The van der Waals surface area contributed by atoms with Crippen molar-refractivity contribution in [3.05, 3.63) is 117 Å². The second-order valence-electron chi connectivity index (χ2n) is 14.5. The minimum Gasteiger partial charge on any atom is -0.307 e. The van der Waals surface area contributed by atoms with Crippen LogP contribution < -0.4 is 0 Å². The van der Waals surface area contributed by atoms with Crippen molar-refractivity contribution in [2.45, 2.75) is 92.9 Å². The molecule has 0 unspecified atom stereocenters. The van der Waals surface area contributed by atoms with Gasteiger partial charge >= 0.3 is 0 Å². The Morgan fingerprint density at radius 3 is 1.96 bits per heavy atom. The Labute approximate surface area is 287 Å². The van der Waals surface area contributed by atoms with E-state index in [9.17, 15) is 14.4 Å². The van der Waals surface area contributed by atoms with Crippen molar-refractivity contribution in [2.75, 3.05) is 0 Å². The van der Waals surface area contributed by atoms with E-state index in [1.165, 1.54) is 25.1 Å². The molecule has 2 aromatic heterocycles. The number of carbonyl (C=O) groups excluding carboxylic acids is 3. The van der Waals surface area contributed by atoms with Gasteiger partial charge in [-0.05, 0) is 60.8 Å². The third kappa shape index (κ3) is 5.17. The lowest BCUT2D eigenvalue weighted by atomic mass is 9.53. The fourth-order valence-electron chi connectivity index (χ4n) is 8.77. The number of hydrogen-bond donors (Lipinski definition) is 1. The van der Waals surface area contributed by atoms with Crippen molar-refractivity contribution in [3.8, 4) is 0 Å². The van der Waals surface area contributed by atoms with Crippen molar-refractivity contribution >= 4 is 17.5 Å². The first-order chi connectivity index (χ1) is 23.7. The molecule has 9 heteroatoms. The highest BCUT2D eigenvalue weighted by atomic mass is 16.2. The van der Waals surface area contributed by atoms with Crippen LogP contribution in [0.2, 0.25) is 0 Å². The number of nitrogens with zero attached hydrogens (tertiary/aromatic N) is 5. The van der Waals surface area contributed by atoms with Crippen LogP contribution in [0.25, 0.3) is 9.69 Å². The van der Waals surface area contributed by atoms with Gasteiger partial charge in [-0.1, -0.05) is 86.7 Å². The van der Waals surface area contributed by atoms with Crippen LogP contribution in [0.1, 0.15) is 105 Å². The van der Waals surface area contributed by atoms with Gasteiger partial charge in [0, 0.05) is 41.9 Å². The number of nitrogens with one attached hydrogen (secondary N) is 1. The van der Waals surface area contributed by atoms with E-state index < -0.39 is 16.2 Å². The van der Waals surface area contributed by atoms with Gasteiger partial charge in [0.05, 0.1) is 25.0 Å². The summed E-state index contributed by atoms with van der Waals surface area (Å²) in [6.07, 6.45) is 10.8. The first-order valence-electron chi connectivity index (χ1n) is 17.7. The Hall–Kier alpha value is -4.89. The first-order valence-corrected chi connectivity index (χ1v) is 15.7. The molecule has 48 heavy (non-hydrogen) atoms. The molecular weight excluding hydrogens is 600 g/mol. The number of benzene rings is 1. The number of rotatable bonds is 1. The maximum Gasteiger partial charge on any atom is 0.278 e. The zero-order valence-electron chi connectivity index (χ0n) is 31.1. The number of carbonyl (C=O) groups is 3. The van der Waals surface area contributed by atoms with Crippen LogP contribution in [0.5, 0.6) is 0 Å². The molecule has 0 fully saturated rings. The molecule has 0 aliphatic heterocycles. The van der Waals surface area contributed by atoms with E-state index in [-0.39, 0.29) is 46.1 Å². The van der Waals surface area contributed by atoms with E-state index in [1.807, 2.05) is 65.1 Å². The highest BCUT2D eigenvalue weighted by molar-refractivity contribution is 6.03. The number of H-pyrrole nitrogens is 1. The van der Waals surface area contributed by atoms with Crippen LogP contribution in [-0.2, 0) is 33.3 Å². The molecule has 0 bridgehead atoms. The molecule has 250 valence electrons. The molecule has 3 aromatic rings. The molecule has 0 saturated heterocycles. The third-order valence-electron chi connectivity index (χ3n) is 11.1. The summed E-state index contributed by atoms with van der Waals surface area (Å²) < 4.78 is 12.9. The molecule has 4 aliphatic carbocycles. The van der Waals surface area contributed by atoms with E-state index in [0.717, 1.165) is 42.6 Å². The van der Waals surface area contributed by atoms with Gasteiger partial charge in [0.15, 0.2) is 11.6 Å². The Morgan fingerprint density at radius 2 is 1.40 bits per heavy atom. The largest absolute Gasteiger partial charge is 0.307 e. The summed E-state index contributed by atoms with van der Waals surface area (Å²) in [7, 11) is 2.50. The minimum absolute atomic E-state index is 0.0204. The average Bonchev–Trinajstić information content (AvgIpc) is 3.80. The average molecular weight is 651 g/mol. The molecule has 2 heterocycles. The maximum absolute atomic E-state index is 12.8.